The van der Waals surface area contributed by atoms with Crippen LogP contribution in [0.3, 0.4) is 0 Å². The van der Waals surface area contributed by atoms with Gasteiger partial charge in [0.2, 0.25) is 16.1 Å². The van der Waals surface area contributed by atoms with Crippen LogP contribution in [0.2, 0.25) is 0 Å². The van der Waals surface area contributed by atoms with Crippen molar-refractivity contribution in [3.63, 3.8) is 0 Å². The first kappa shape index (κ1) is 18.4. The molecular formula is C17H18N2O6S. The fourth-order valence-electron chi connectivity index (χ4n) is 3.00. The van der Waals surface area contributed by atoms with Crippen LogP contribution in [0.1, 0.15) is 24.8 Å². The van der Waals surface area contributed by atoms with Crippen LogP contribution < -0.4 is 0 Å². The lowest BCUT2D eigenvalue weighted by molar-refractivity contribution is -0.164. The molecule has 3 rings (SSSR count). The normalized spacial score (nSPS) is 21.8. The molecule has 0 aliphatic carbocycles. The maximum Gasteiger partial charge on any atom is 0.347 e. The van der Waals surface area contributed by atoms with Gasteiger partial charge in [0, 0.05) is 19.5 Å². The number of rotatable bonds is 4. The van der Waals surface area contributed by atoms with Crippen molar-refractivity contribution in [2.24, 2.45) is 5.92 Å². The van der Waals surface area contributed by atoms with E-state index in [1.165, 1.54) is 28.6 Å². The van der Waals surface area contributed by atoms with E-state index in [1.54, 1.807) is 0 Å². The maximum atomic E-state index is 12.7. The maximum absolute atomic E-state index is 12.7. The number of nitrogens with zero attached hydrogens (tertiary/aromatic N) is 2. The number of hydrogen-bond acceptors (Lipinski definition) is 7. The Morgan fingerprint density at radius 3 is 2.38 bits per heavy atom. The highest BCUT2D eigenvalue weighted by molar-refractivity contribution is 7.89. The van der Waals surface area contributed by atoms with Gasteiger partial charge in [0.1, 0.15) is 0 Å². The third-order valence-corrected chi connectivity index (χ3v) is 6.47. The van der Waals surface area contributed by atoms with Crippen LogP contribution >= 0.6 is 0 Å². The smallest absolute Gasteiger partial charge is 0.347 e. The summed E-state index contributed by atoms with van der Waals surface area (Å²) in [6, 6.07) is 7.66. The lowest BCUT2D eigenvalue weighted by atomic mass is 9.98. The summed E-state index contributed by atoms with van der Waals surface area (Å²) in [6.07, 6.45) is 0.172. The fourth-order valence-corrected chi connectivity index (χ4v) is 4.47. The standard InChI is InChI=1S/C17H18N2O6S/c18-11-12-1-3-14(4-2-12)26(22,23)19-8-5-13(6-9-19)16(20)25-15-7-10-24-17(15)21/h1-4,13,15H,5-10H2/t15-/m1/s1. The molecule has 0 aromatic heterocycles. The molecule has 2 fully saturated rings. The second kappa shape index (κ2) is 7.43. The first-order valence-electron chi connectivity index (χ1n) is 8.29. The number of nitriles is 1. The van der Waals surface area contributed by atoms with Gasteiger partial charge in [0.25, 0.3) is 0 Å². The summed E-state index contributed by atoms with van der Waals surface area (Å²) < 4.78 is 36.6. The molecule has 1 aromatic rings. The van der Waals surface area contributed by atoms with Crippen molar-refractivity contribution in [1.29, 1.82) is 5.26 Å². The van der Waals surface area contributed by atoms with Crippen LogP contribution in [0.15, 0.2) is 29.2 Å². The van der Waals surface area contributed by atoms with Crippen molar-refractivity contribution in [2.45, 2.75) is 30.3 Å². The molecule has 0 saturated carbocycles. The van der Waals surface area contributed by atoms with Gasteiger partial charge in [-0.2, -0.15) is 9.57 Å². The Balaban J connectivity index is 1.59. The predicted octanol–water partition coefficient (Wildman–Crippen LogP) is 0.818. The van der Waals surface area contributed by atoms with Gasteiger partial charge in [-0.3, -0.25) is 4.79 Å². The molecule has 8 nitrogen and oxygen atoms in total. The zero-order valence-corrected chi connectivity index (χ0v) is 14.8. The zero-order chi connectivity index (χ0) is 18.7. The van der Waals surface area contributed by atoms with Crippen molar-refractivity contribution < 1.29 is 27.5 Å². The van der Waals surface area contributed by atoms with Crippen LogP contribution in [0.5, 0.6) is 0 Å². The number of hydrogen-bond donors (Lipinski definition) is 0. The van der Waals surface area contributed by atoms with Gasteiger partial charge in [-0.25, -0.2) is 13.2 Å². The van der Waals surface area contributed by atoms with Crippen molar-refractivity contribution in [3.8, 4) is 6.07 Å². The van der Waals surface area contributed by atoms with Crippen molar-refractivity contribution in [2.75, 3.05) is 19.7 Å². The Labute approximate surface area is 151 Å². The van der Waals surface area contributed by atoms with Crippen molar-refractivity contribution in [1.82, 2.24) is 4.31 Å². The Bertz CT molecular complexity index is 835. The summed E-state index contributed by atoms with van der Waals surface area (Å²) in [5.74, 6) is -1.45. The number of esters is 2. The van der Waals surface area contributed by atoms with Gasteiger partial charge in [-0.05, 0) is 37.1 Å². The Morgan fingerprint density at radius 1 is 1.19 bits per heavy atom. The molecule has 9 heteroatoms. The van der Waals surface area contributed by atoms with Crippen molar-refractivity contribution >= 4 is 22.0 Å². The summed E-state index contributed by atoms with van der Waals surface area (Å²) >= 11 is 0. The topological polar surface area (TPSA) is 114 Å². The number of sulfonamides is 1. The molecule has 0 N–H and O–H groups in total. The van der Waals surface area contributed by atoms with Gasteiger partial charge in [0.05, 0.1) is 29.1 Å². The molecular weight excluding hydrogens is 360 g/mol. The largest absolute Gasteiger partial charge is 0.463 e. The number of cyclic esters (lactones) is 1. The van der Waals surface area contributed by atoms with E-state index in [9.17, 15) is 18.0 Å². The summed E-state index contributed by atoms with van der Waals surface area (Å²) in [5, 5.41) is 8.80. The highest BCUT2D eigenvalue weighted by atomic mass is 32.2. The van der Waals surface area contributed by atoms with E-state index in [-0.39, 0.29) is 24.6 Å². The molecule has 2 aliphatic heterocycles. The van der Waals surface area contributed by atoms with E-state index >= 15 is 0 Å². The molecule has 2 saturated heterocycles. The summed E-state index contributed by atoms with van der Waals surface area (Å²) in [4.78, 5) is 23.7. The highest BCUT2D eigenvalue weighted by Gasteiger charge is 2.36. The fraction of sp³-hybridized carbons (Fsp3) is 0.471. The molecule has 0 bridgehead atoms. The molecule has 26 heavy (non-hydrogen) atoms. The summed E-state index contributed by atoms with van der Waals surface area (Å²) in [7, 11) is -3.67. The van der Waals surface area contributed by atoms with Gasteiger partial charge < -0.3 is 9.47 Å². The van der Waals surface area contributed by atoms with E-state index in [1.807, 2.05) is 6.07 Å². The molecule has 1 aromatic carbocycles. The second-order valence-corrected chi connectivity index (χ2v) is 8.13. The van der Waals surface area contributed by atoms with E-state index < -0.39 is 34.0 Å². The third-order valence-electron chi connectivity index (χ3n) is 4.55. The van der Waals surface area contributed by atoms with Gasteiger partial charge in [0.15, 0.2) is 0 Å². The minimum Gasteiger partial charge on any atom is -0.463 e. The molecule has 0 amide bonds. The van der Waals surface area contributed by atoms with E-state index in [4.69, 9.17) is 14.7 Å². The summed E-state index contributed by atoms with van der Waals surface area (Å²) in [5.41, 5.74) is 0.385. The van der Waals surface area contributed by atoms with Crippen LogP contribution in [-0.2, 0) is 29.1 Å². The number of benzene rings is 1. The molecule has 2 heterocycles. The molecule has 0 spiro atoms. The highest BCUT2D eigenvalue weighted by Crippen LogP contribution is 2.26. The number of ether oxygens (including phenoxy) is 2. The first-order valence-corrected chi connectivity index (χ1v) is 9.73. The van der Waals surface area contributed by atoms with Gasteiger partial charge in [-0.1, -0.05) is 0 Å². The molecule has 2 aliphatic rings. The van der Waals surface area contributed by atoms with Crippen LogP contribution in [0.25, 0.3) is 0 Å². The lowest BCUT2D eigenvalue weighted by Gasteiger charge is -2.30. The minimum atomic E-state index is -3.67. The molecule has 138 valence electrons. The number of carbonyl (C=O) groups excluding carboxylic acids is 2. The Kier molecular flexibility index (Phi) is 5.25. The molecule has 1 atom stereocenters. The van der Waals surface area contributed by atoms with Crippen LogP contribution in [0.4, 0.5) is 0 Å². The van der Waals surface area contributed by atoms with Gasteiger partial charge in [-0.15, -0.1) is 0 Å². The number of piperidine rings is 1. The average molecular weight is 378 g/mol. The van der Waals surface area contributed by atoms with E-state index in [0.29, 0.717) is 24.8 Å². The van der Waals surface area contributed by atoms with E-state index in [0.717, 1.165) is 0 Å². The average Bonchev–Trinajstić information content (AvgIpc) is 3.06. The minimum absolute atomic E-state index is 0.117. The monoisotopic (exact) mass is 378 g/mol. The zero-order valence-electron chi connectivity index (χ0n) is 14.0. The van der Waals surface area contributed by atoms with E-state index in [2.05, 4.69) is 0 Å². The predicted molar refractivity (Wildman–Crippen MR) is 88.1 cm³/mol. The van der Waals surface area contributed by atoms with Crippen LogP contribution in [-0.4, -0.2) is 50.5 Å². The summed E-state index contributed by atoms with van der Waals surface area (Å²) in [6.45, 7) is 0.631. The van der Waals surface area contributed by atoms with Gasteiger partial charge >= 0.3 is 11.9 Å². The van der Waals surface area contributed by atoms with Crippen molar-refractivity contribution in [3.05, 3.63) is 29.8 Å². The lowest BCUT2D eigenvalue weighted by Crippen LogP contribution is -2.41. The first-order chi connectivity index (χ1) is 12.4. The second-order valence-electron chi connectivity index (χ2n) is 6.20. The van der Waals surface area contributed by atoms with Crippen LogP contribution in [0, 0.1) is 17.2 Å². The Morgan fingerprint density at radius 2 is 1.85 bits per heavy atom. The quantitative estimate of drug-likeness (QED) is 0.713. The third kappa shape index (κ3) is 3.71. The Hall–Kier alpha value is -2.44. The SMILES string of the molecule is N#Cc1ccc(S(=O)(=O)N2CCC(C(=O)O[C@@H]3CCOC3=O)CC2)cc1. The number of carbonyl (C=O) groups is 2. The molecule has 0 radical (unpaired) electrons. The molecule has 0 unspecified atom stereocenters.